The molecule has 2 unspecified atom stereocenters. The van der Waals surface area contributed by atoms with Crippen LogP contribution >= 0.6 is 7.60 Å². The number of nitrogens with one attached hydrogen (secondary N) is 1. The van der Waals surface area contributed by atoms with Crippen LogP contribution in [0.5, 0.6) is 0 Å². The molecule has 0 aromatic rings. The fourth-order valence-electron chi connectivity index (χ4n) is 4.66. The van der Waals surface area contributed by atoms with Gasteiger partial charge in [-0.1, -0.05) is 110 Å². The Morgan fingerprint density at radius 3 is 1.61 bits per heavy atom. The molecule has 2 atom stereocenters. The van der Waals surface area contributed by atoms with Crippen molar-refractivity contribution in [2.45, 2.75) is 143 Å². The number of carbonyl (C=O) groups is 1. The highest BCUT2D eigenvalue weighted by Crippen LogP contribution is 2.41. The maximum Gasteiger partial charge on any atom is 0.333 e. The van der Waals surface area contributed by atoms with Gasteiger partial charge in [-0.05, 0) is 20.3 Å². The number of unbranched alkanes of at least 4 members (excludes halogenated alkanes) is 16. The second kappa shape index (κ2) is 26.7. The van der Waals surface area contributed by atoms with E-state index >= 15 is 0 Å². The van der Waals surface area contributed by atoms with Gasteiger partial charge in [-0.25, -0.2) is 0 Å². The Kier molecular flexibility index (Phi) is 26.4. The second-order valence-corrected chi connectivity index (χ2v) is 12.8. The average Bonchev–Trinajstić information content (AvgIpc) is 2.88. The summed E-state index contributed by atoms with van der Waals surface area (Å²) in [5.41, 5.74) is 0. The predicted molar refractivity (Wildman–Crippen MR) is 158 cm³/mol. The van der Waals surface area contributed by atoms with Crippen LogP contribution in [0, 0.1) is 0 Å². The normalized spacial score (nSPS) is 14.1. The maximum atomic E-state index is 12.3. The lowest BCUT2D eigenvalue weighted by molar-refractivity contribution is -0.893. The largest absolute Gasteiger partial charge is 0.458 e. The lowest BCUT2D eigenvalue weighted by Crippen LogP contribution is -3.11. The maximum absolute atomic E-state index is 12.3. The highest BCUT2D eigenvalue weighted by Gasteiger charge is 2.25. The summed E-state index contributed by atoms with van der Waals surface area (Å²) in [5.74, 6) is -0.444. The third-order valence-electron chi connectivity index (χ3n) is 7.24. The van der Waals surface area contributed by atoms with E-state index in [2.05, 4.69) is 20.8 Å². The van der Waals surface area contributed by atoms with Crippen molar-refractivity contribution in [2.24, 2.45) is 0 Å². The molecule has 228 valence electrons. The molecule has 0 aliphatic heterocycles. The van der Waals surface area contributed by atoms with Crippen LogP contribution < -0.4 is 4.90 Å². The third kappa shape index (κ3) is 25.8. The van der Waals surface area contributed by atoms with Crippen LogP contribution in [0.3, 0.4) is 0 Å². The van der Waals surface area contributed by atoms with Crippen LogP contribution in [0.2, 0.25) is 0 Å². The quantitative estimate of drug-likeness (QED) is 0.0596. The molecule has 0 aliphatic rings. The zero-order valence-electron chi connectivity index (χ0n) is 25.5. The van der Waals surface area contributed by atoms with E-state index in [4.69, 9.17) is 14.0 Å². The van der Waals surface area contributed by atoms with Gasteiger partial charge in [0.05, 0.1) is 39.0 Å². The van der Waals surface area contributed by atoms with Crippen LogP contribution in [-0.4, -0.2) is 62.6 Å². The lowest BCUT2D eigenvalue weighted by Gasteiger charge is -2.21. The highest BCUT2D eigenvalue weighted by molar-refractivity contribution is 7.52. The van der Waals surface area contributed by atoms with E-state index in [1.165, 1.54) is 108 Å². The Labute approximate surface area is 235 Å². The van der Waals surface area contributed by atoms with Gasteiger partial charge in [-0.2, -0.15) is 0 Å². The first-order valence-electron chi connectivity index (χ1n) is 15.9. The van der Waals surface area contributed by atoms with Crippen LogP contribution in [0.15, 0.2) is 0 Å². The van der Waals surface area contributed by atoms with Crippen molar-refractivity contribution in [1.82, 2.24) is 0 Å². The van der Waals surface area contributed by atoms with E-state index in [0.29, 0.717) is 13.2 Å². The number of ether oxygens (including phenoxy) is 2. The van der Waals surface area contributed by atoms with Gasteiger partial charge in [-0.15, -0.1) is 0 Å². The van der Waals surface area contributed by atoms with Gasteiger partial charge < -0.3 is 23.8 Å². The van der Waals surface area contributed by atoms with E-state index in [1.54, 1.807) is 0 Å². The van der Waals surface area contributed by atoms with Crippen molar-refractivity contribution < 1.29 is 33.2 Å². The molecule has 0 radical (unpaired) electrons. The van der Waals surface area contributed by atoms with E-state index in [9.17, 15) is 14.3 Å². The van der Waals surface area contributed by atoms with Crippen molar-refractivity contribution in [1.29, 1.82) is 0 Å². The second-order valence-electron chi connectivity index (χ2n) is 10.8. The van der Waals surface area contributed by atoms with Crippen LogP contribution in [0.1, 0.15) is 137 Å². The monoisotopic (exact) mass is 564 g/mol. The zero-order valence-corrected chi connectivity index (χ0v) is 26.4. The summed E-state index contributed by atoms with van der Waals surface area (Å²) in [5, 5.41) is 0. The highest BCUT2D eigenvalue weighted by atomic mass is 31.2. The zero-order chi connectivity index (χ0) is 28.3. The van der Waals surface area contributed by atoms with Crippen molar-refractivity contribution in [3.63, 3.8) is 0 Å². The molecule has 0 aromatic carbocycles. The average molecular weight is 565 g/mol. The van der Waals surface area contributed by atoms with Crippen molar-refractivity contribution >= 4 is 13.6 Å². The smallest absolute Gasteiger partial charge is 0.333 e. The van der Waals surface area contributed by atoms with Gasteiger partial charge in [0, 0.05) is 13.5 Å². The summed E-state index contributed by atoms with van der Waals surface area (Å²) in [7, 11) is -3.72. The Hall–Kier alpha value is -0.460. The van der Waals surface area contributed by atoms with Crippen LogP contribution in [0.4, 0.5) is 0 Å². The summed E-state index contributed by atoms with van der Waals surface area (Å²) < 4.78 is 28.5. The van der Waals surface area contributed by atoms with E-state index in [1.807, 2.05) is 0 Å². The van der Waals surface area contributed by atoms with Crippen molar-refractivity contribution in [2.75, 3.05) is 45.6 Å². The fourth-order valence-corrected chi connectivity index (χ4v) is 5.79. The molecule has 38 heavy (non-hydrogen) atoms. The molecule has 0 aliphatic carbocycles. The number of quaternary nitrogens is 1. The van der Waals surface area contributed by atoms with Gasteiger partial charge in [0.1, 0.15) is 6.10 Å². The van der Waals surface area contributed by atoms with Crippen LogP contribution in [0.25, 0.3) is 0 Å². The number of hydrogen-bond donors (Lipinski definition) is 2. The van der Waals surface area contributed by atoms with Gasteiger partial charge in [-0.3, -0.25) is 9.36 Å². The minimum Gasteiger partial charge on any atom is -0.458 e. The van der Waals surface area contributed by atoms with Crippen LogP contribution in [-0.2, 0) is 23.4 Å². The molecule has 7 nitrogen and oxygen atoms in total. The minimum absolute atomic E-state index is 0.0942. The fraction of sp³-hybridized carbons (Fsp3) is 0.967. The lowest BCUT2D eigenvalue weighted by atomic mass is 10.0. The number of rotatable bonds is 29. The summed E-state index contributed by atoms with van der Waals surface area (Å²) >= 11 is 0. The van der Waals surface area contributed by atoms with Gasteiger partial charge in [0.15, 0.2) is 0 Å². The molecule has 2 N–H and O–H groups in total. The topological polar surface area (TPSA) is 86.5 Å². The minimum atomic E-state index is -3.72. The molecule has 0 heterocycles. The van der Waals surface area contributed by atoms with Crippen molar-refractivity contribution in [3.05, 3.63) is 0 Å². The Balaban J connectivity index is 3.69. The van der Waals surface area contributed by atoms with Gasteiger partial charge >= 0.3 is 13.6 Å². The number of carbonyl (C=O) groups excluding carboxylic acids is 1. The van der Waals surface area contributed by atoms with Gasteiger partial charge in [0.25, 0.3) is 0 Å². The predicted octanol–water partition coefficient (Wildman–Crippen LogP) is 6.71. The Morgan fingerprint density at radius 1 is 0.737 bits per heavy atom. The molecule has 0 aromatic heterocycles. The van der Waals surface area contributed by atoms with E-state index in [0.717, 1.165) is 25.9 Å². The van der Waals surface area contributed by atoms with E-state index in [-0.39, 0.29) is 19.4 Å². The molecule has 0 bridgehead atoms. The summed E-state index contributed by atoms with van der Waals surface area (Å²) in [4.78, 5) is 22.8. The molecule has 0 fully saturated rings. The molecule has 8 heteroatoms. The molecule has 0 spiro atoms. The van der Waals surface area contributed by atoms with Crippen molar-refractivity contribution in [3.8, 4) is 0 Å². The number of hydrogen-bond acceptors (Lipinski definition) is 5. The van der Waals surface area contributed by atoms with Gasteiger partial charge in [0.2, 0.25) is 0 Å². The molecule has 0 saturated heterocycles. The van der Waals surface area contributed by atoms with E-state index < -0.39 is 19.7 Å². The molecule has 0 amide bonds. The molecular formula is C30H63NO6P+. The standard InChI is InChI=1S/C30H62NO6P/c1-5-8-9-10-11-12-13-14-15-16-17-18-19-20-21-22-23-25-35-27-30(37-29(4)32)28-36-38(33,34)26-24-31(6-2)7-3/h30H,5-28H2,1-4H3,(H,33,34)/p+1. The first-order chi connectivity index (χ1) is 18.3. The number of esters is 1. The SMILES string of the molecule is CCCCCCCCCCCCCCCCCCCOCC(COP(=O)(O)CC[NH+](CC)CC)OC(C)=O. The summed E-state index contributed by atoms with van der Waals surface area (Å²) in [6, 6.07) is 0. The summed E-state index contributed by atoms with van der Waals surface area (Å²) in [6.07, 6.45) is 22.1. The first kappa shape index (κ1) is 37.5. The molecule has 0 saturated carbocycles. The molecule has 0 rings (SSSR count). The molecular weight excluding hydrogens is 501 g/mol. The Morgan fingerprint density at radius 2 is 1.18 bits per heavy atom. The first-order valence-corrected chi connectivity index (χ1v) is 17.7. The summed E-state index contributed by atoms with van der Waals surface area (Å²) in [6.45, 7) is 10.7. The Bertz CT molecular complexity index is 573. The third-order valence-corrected chi connectivity index (χ3v) is 8.58.